The summed E-state index contributed by atoms with van der Waals surface area (Å²) in [5.74, 6) is -7.23. The Morgan fingerprint density at radius 3 is 0.670 bits per heavy atom. The van der Waals surface area contributed by atoms with Crippen molar-refractivity contribution in [1.82, 2.24) is 0 Å². The number of alkyl halides is 24. The second kappa shape index (κ2) is 21.7. The highest BCUT2D eigenvalue weighted by molar-refractivity contribution is 6.43. The highest BCUT2D eigenvalue weighted by Gasteiger charge is 2.51. The third-order valence-corrected chi connectivity index (χ3v) is 21.9. The molecular formula is C82H50F24. The minimum absolute atomic E-state index is 0.0111. The number of aryl methyl sites for hydroxylation is 2. The second-order valence-electron chi connectivity index (χ2n) is 30.3. The Morgan fingerprint density at radius 2 is 0.443 bits per heavy atom. The van der Waals surface area contributed by atoms with E-state index in [4.69, 9.17) is 0 Å². The summed E-state index contributed by atoms with van der Waals surface area (Å²) in [6.07, 6.45) is -44.0. The molecule has 106 heavy (non-hydrogen) atoms. The first-order chi connectivity index (χ1) is 48.7. The normalized spacial score (nSPS) is 17.6. The van der Waals surface area contributed by atoms with Crippen molar-refractivity contribution in [3.63, 3.8) is 0 Å². The molecular weight excluding hydrogens is 1440 g/mol. The van der Waals surface area contributed by atoms with E-state index in [-0.39, 0.29) is 167 Å². The molecule has 0 aliphatic heterocycles. The van der Waals surface area contributed by atoms with Crippen molar-refractivity contribution in [2.75, 3.05) is 0 Å². The lowest BCUT2D eigenvalue weighted by molar-refractivity contribution is -0.144. The molecule has 16 rings (SSSR count). The Balaban J connectivity index is 1.21. The Morgan fingerprint density at radius 1 is 0.217 bits per heavy atom. The maximum atomic E-state index is 15.6. The van der Waals surface area contributed by atoms with Crippen molar-refractivity contribution >= 4 is 53.9 Å². The number of halogens is 24. The van der Waals surface area contributed by atoms with Gasteiger partial charge in [-0.15, -0.1) is 0 Å². The van der Waals surface area contributed by atoms with E-state index < -0.39 is 151 Å². The molecule has 0 saturated heterocycles. The van der Waals surface area contributed by atoms with E-state index in [9.17, 15) is 0 Å². The molecule has 0 heterocycles. The molecule has 12 aromatic carbocycles. The summed E-state index contributed by atoms with van der Waals surface area (Å²) in [6, 6.07) is 18.3. The molecule has 0 bridgehead atoms. The van der Waals surface area contributed by atoms with E-state index in [1.165, 1.54) is 74.5 Å². The number of hydrogen-bond acceptors (Lipinski definition) is 0. The first-order valence-electron chi connectivity index (χ1n) is 33.0. The Labute approximate surface area is 585 Å². The van der Waals surface area contributed by atoms with E-state index in [0.29, 0.717) is 48.5 Å². The summed E-state index contributed by atoms with van der Waals surface area (Å²) in [5, 5.41) is 0.778. The first kappa shape index (κ1) is 70.8. The minimum atomic E-state index is -5.54. The number of benzene rings is 12. The summed E-state index contributed by atoms with van der Waals surface area (Å²) in [6.45, 7) is 12.8. The van der Waals surface area contributed by atoms with Gasteiger partial charge in [-0.1, -0.05) is 102 Å². The van der Waals surface area contributed by atoms with E-state index >= 15 is 105 Å². The van der Waals surface area contributed by atoms with Crippen molar-refractivity contribution in [3.8, 4) is 22.3 Å². The van der Waals surface area contributed by atoms with Crippen LogP contribution in [0, 0.1) is 13.8 Å². The van der Waals surface area contributed by atoms with Gasteiger partial charge in [-0.25, -0.2) is 0 Å². The van der Waals surface area contributed by atoms with Gasteiger partial charge in [0.1, 0.15) is 0 Å². The van der Waals surface area contributed by atoms with Gasteiger partial charge in [0.05, 0.1) is 44.5 Å². The van der Waals surface area contributed by atoms with Gasteiger partial charge in [0, 0.05) is 23.7 Å². The van der Waals surface area contributed by atoms with Gasteiger partial charge < -0.3 is 0 Å². The molecule has 4 aliphatic rings. The zero-order valence-electron chi connectivity index (χ0n) is 56.1. The van der Waals surface area contributed by atoms with Gasteiger partial charge in [0.25, 0.3) is 0 Å². The van der Waals surface area contributed by atoms with Crippen LogP contribution in [-0.4, -0.2) is 0 Å². The van der Waals surface area contributed by atoms with Crippen LogP contribution in [0.2, 0.25) is 0 Å². The quantitative estimate of drug-likeness (QED) is 0.0936. The Hall–Kier alpha value is -9.48. The third kappa shape index (κ3) is 10.4. The highest BCUT2D eigenvalue weighted by Crippen LogP contribution is 2.68. The van der Waals surface area contributed by atoms with Crippen LogP contribution in [0.1, 0.15) is 199 Å². The largest absolute Gasteiger partial charge is 0.416 e. The SMILES string of the molecule is Cc1c2c3c4c5c(cccc5c5c(C)c6c7c8c9c(cccc9c1c7c35)C(c1cc(C(F)(F)F)cc(C(F)(F)F)c1)c1cc(C(C)(C)C)cc(c1-8)C6c1cc(C(F)(F)F)cc(C(F)(F)F)c1)C(c1cc(C(F)(F)F)cc(C(F)(F)F)c1)c1cc(C(C)(C)C)cc(c1-4)C2c1cc(C(F)(F)F)cc(C(F)(F)F)c1. The summed E-state index contributed by atoms with van der Waals surface area (Å²) in [7, 11) is 0. The fourth-order valence-electron chi connectivity index (χ4n) is 17.7. The van der Waals surface area contributed by atoms with Crippen LogP contribution >= 0.6 is 0 Å². The summed E-state index contributed by atoms with van der Waals surface area (Å²) in [5.41, 5.74) is -18.8. The van der Waals surface area contributed by atoms with Crippen LogP contribution in [0.15, 0.2) is 133 Å². The standard InChI is InChI=1S/C82H50F24/c1-31-55-47-11-9-13-49-59(33-15-39(75(83,84)85)23-40(16-33)76(86,87)88)52-28-38(74(6,7)8)30-54-62(36-21-45(81(101,102)103)26-46(22-36)82(104,105)106)58-32(2)56-48-12-10-14-50-60(34-17-41(77(89,90)91)24-42(18-34)78(92,93)94)51-27-37(73(3,4)5)29-53-61(35-19-43(79(95,96)97)25-44(20-35)80(98,99)100)57(31)69(71(64(48)50)65(51)53)68(56)67(55)70(58)72(63(47)49)66(52)54/h9-30,59-62H,1-8H3. The fraction of sp³-hybridized carbons (Fsp3) is 0.268. The lowest BCUT2D eigenvalue weighted by Crippen LogP contribution is -2.25. The van der Waals surface area contributed by atoms with E-state index in [2.05, 4.69) is 0 Å². The molecule has 24 heteroatoms. The molecule has 4 atom stereocenters. The summed E-state index contributed by atoms with van der Waals surface area (Å²) in [4.78, 5) is 0. The molecule has 0 radical (unpaired) electrons. The molecule has 4 unspecified atom stereocenters. The highest BCUT2D eigenvalue weighted by atomic mass is 19.4. The van der Waals surface area contributed by atoms with Gasteiger partial charge in [0.2, 0.25) is 0 Å². The van der Waals surface area contributed by atoms with Crippen molar-refractivity contribution in [3.05, 3.63) is 267 Å². The summed E-state index contributed by atoms with van der Waals surface area (Å²) < 4.78 is 371. The van der Waals surface area contributed by atoms with Crippen molar-refractivity contribution in [1.29, 1.82) is 0 Å². The fourth-order valence-corrected chi connectivity index (χ4v) is 17.7. The Kier molecular flexibility index (Phi) is 14.5. The van der Waals surface area contributed by atoms with Crippen molar-refractivity contribution < 1.29 is 105 Å². The molecule has 0 saturated carbocycles. The number of hydrogen-bond donors (Lipinski definition) is 0. The first-order valence-corrected chi connectivity index (χ1v) is 33.0. The van der Waals surface area contributed by atoms with Crippen molar-refractivity contribution in [2.45, 2.75) is 139 Å². The molecule has 0 fully saturated rings. The minimum Gasteiger partial charge on any atom is -0.166 e. The number of rotatable bonds is 4. The predicted molar refractivity (Wildman–Crippen MR) is 352 cm³/mol. The Bertz CT molecular complexity index is 5390. The van der Waals surface area contributed by atoms with Crippen LogP contribution in [-0.2, 0) is 60.2 Å². The van der Waals surface area contributed by atoms with Crippen LogP contribution in [0.3, 0.4) is 0 Å². The summed E-state index contributed by atoms with van der Waals surface area (Å²) >= 11 is 0. The molecule has 546 valence electrons. The number of fused-ring (bicyclic) bond motifs is 2. The topological polar surface area (TPSA) is 0 Å². The van der Waals surface area contributed by atoms with E-state index in [0.717, 1.165) is 0 Å². The maximum Gasteiger partial charge on any atom is 0.416 e. The van der Waals surface area contributed by atoms with Gasteiger partial charge in [0.15, 0.2) is 0 Å². The van der Waals surface area contributed by atoms with Crippen LogP contribution in [0.5, 0.6) is 0 Å². The third-order valence-electron chi connectivity index (χ3n) is 21.9. The van der Waals surface area contributed by atoms with Gasteiger partial charge in [-0.05, 0) is 263 Å². The lowest BCUT2D eigenvalue weighted by Gasteiger charge is -2.43. The zero-order valence-corrected chi connectivity index (χ0v) is 56.1. The average molecular weight is 1490 g/mol. The van der Waals surface area contributed by atoms with Crippen molar-refractivity contribution in [2.24, 2.45) is 0 Å². The van der Waals surface area contributed by atoms with Crippen LogP contribution in [0.4, 0.5) is 105 Å². The lowest BCUT2D eigenvalue weighted by atomic mass is 9.59. The van der Waals surface area contributed by atoms with Crippen LogP contribution < -0.4 is 0 Å². The second-order valence-corrected chi connectivity index (χ2v) is 30.3. The van der Waals surface area contributed by atoms with Gasteiger partial charge in [-0.3, -0.25) is 0 Å². The molecule has 4 aliphatic carbocycles. The average Bonchev–Trinajstić information content (AvgIpc) is 0.645. The smallest absolute Gasteiger partial charge is 0.166 e. The van der Waals surface area contributed by atoms with Crippen LogP contribution in [0.25, 0.3) is 76.1 Å². The molecule has 12 aromatic rings. The van der Waals surface area contributed by atoms with E-state index in [1.54, 1.807) is 41.5 Å². The monoisotopic (exact) mass is 1490 g/mol. The maximum absolute atomic E-state index is 15.6. The van der Waals surface area contributed by atoms with Gasteiger partial charge in [-0.2, -0.15) is 105 Å². The molecule has 0 amide bonds. The predicted octanol–water partition coefficient (Wildman–Crippen LogP) is 27.6. The van der Waals surface area contributed by atoms with E-state index in [1.807, 2.05) is 0 Å². The molecule has 0 N–H and O–H groups in total. The zero-order chi connectivity index (χ0) is 76.8. The molecule has 0 spiro atoms. The van der Waals surface area contributed by atoms with Gasteiger partial charge >= 0.3 is 49.4 Å². The molecule has 0 nitrogen and oxygen atoms in total. The molecule has 0 aromatic heterocycles.